The molecule has 0 aliphatic heterocycles. The molecule has 0 amide bonds. The third-order valence-corrected chi connectivity index (χ3v) is 6.12. The maximum absolute atomic E-state index is 13.4. The van der Waals surface area contributed by atoms with E-state index in [0.29, 0.717) is 49.0 Å². The molecule has 3 rings (SSSR count). The number of benzene rings is 1. The Labute approximate surface area is 164 Å². The second kappa shape index (κ2) is 8.72. The smallest absolute Gasteiger partial charge is 0.248 e. The fraction of sp³-hybridized carbons (Fsp3) is 0.591. The van der Waals surface area contributed by atoms with E-state index in [0.717, 1.165) is 24.8 Å². The molecular formula is C22H27ClF2O2. The lowest BCUT2D eigenvalue weighted by Gasteiger charge is -2.30. The fourth-order valence-electron chi connectivity index (χ4n) is 4.18. The Balaban J connectivity index is 1.60. The van der Waals surface area contributed by atoms with Crippen molar-refractivity contribution in [2.75, 3.05) is 6.61 Å². The van der Waals surface area contributed by atoms with Crippen molar-refractivity contribution in [2.45, 2.75) is 70.6 Å². The van der Waals surface area contributed by atoms with Crippen molar-refractivity contribution in [3.63, 3.8) is 0 Å². The number of carbonyl (C=O) groups is 1. The molecule has 1 fully saturated rings. The minimum absolute atomic E-state index is 0.00658. The van der Waals surface area contributed by atoms with Gasteiger partial charge in [-0.2, -0.15) is 0 Å². The lowest BCUT2D eigenvalue weighted by atomic mass is 9.80. The lowest BCUT2D eigenvalue weighted by molar-refractivity contribution is -0.116. The molecule has 0 atom stereocenters. The van der Waals surface area contributed by atoms with Gasteiger partial charge in [-0.3, -0.25) is 0 Å². The summed E-state index contributed by atoms with van der Waals surface area (Å²) >= 11 is 6.31. The van der Waals surface area contributed by atoms with E-state index in [1.165, 1.54) is 11.1 Å². The molecule has 2 aliphatic carbocycles. The van der Waals surface area contributed by atoms with E-state index in [1.807, 2.05) is 12.1 Å². The van der Waals surface area contributed by atoms with Crippen molar-refractivity contribution >= 4 is 17.4 Å². The van der Waals surface area contributed by atoms with Crippen LogP contribution in [0.1, 0.15) is 63.9 Å². The normalized spacial score (nSPS) is 20.1. The van der Waals surface area contributed by atoms with Crippen molar-refractivity contribution in [1.82, 2.24) is 0 Å². The first kappa shape index (κ1) is 20.3. The number of alkyl halides is 2. The summed E-state index contributed by atoms with van der Waals surface area (Å²) in [6, 6.07) is 5.60. The van der Waals surface area contributed by atoms with Crippen molar-refractivity contribution < 1.29 is 18.3 Å². The molecule has 148 valence electrons. The molecule has 0 radical (unpaired) electrons. The summed E-state index contributed by atoms with van der Waals surface area (Å²) in [5.74, 6) is -1.33. The monoisotopic (exact) mass is 396 g/mol. The van der Waals surface area contributed by atoms with Gasteiger partial charge in [-0.25, -0.2) is 8.78 Å². The van der Waals surface area contributed by atoms with Gasteiger partial charge in [-0.1, -0.05) is 23.2 Å². The molecule has 1 saturated carbocycles. The molecule has 0 unspecified atom stereocenters. The molecule has 0 spiro atoms. The molecule has 0 saturated heterocycles. The van der Waals surface area contributed by atoms with Crippen LogP contribution in [-0.4, -0.2) is 18.3 Å². The predicted octanol–water partition coefficient (Wildman–Crippen LogP) is 6.55. The van der Waals surface area contributed by atoms with Gasteiger partial charge in [0.1, 0.15) is 18.1 Å². The number of allylic oxidation sites excluding steroid dienone is 1. The summed E-state index contributed by atoms with van der Waals surface area (Å²) in [5, 5.41) is 0.615. The van der Waals surface area contributed by atoms with Crippen molar-refractivity contribution in [3.8, 4) is 5.75 Å². The van der Waals surface area contributed by atoms with E-state index in [1.54, 1.807) is 13.0 Å². The Morgan fingerprint density at radius 1 is 1.26 bits per heavy atom. The number of aryl methyl sites for hydroxylation is 1. The SMILES string of the molecule is CC(=O)CCc1ccc(OCC2=C(C3CCC(F)(F)CC3)CCC2)cc1Cl. The van der Waals surface area contributed by atoms with Crippen LogP contribution in [0.5, 0.6) is 5.75 Å². The fourth-order valence-corrected chi connectivity index (χ4v) is 4.44. The van der Waals surface area contributed by atoms with Crippen LogP contribution in [-0.2, 0) is 11.2 Å². The molecular weight excluding hydrogens is 370 g/mol. The Hall–Kier alpha value is -1.42. The molecule has 1 aromatic carbocycles. The van der Waals surface area contributed by atoms with Crippen LogP contribution in [0.3, 0.4) is 0 Å². The lowest BCUT2D eigenvalue weighted by Crippen LogP contribution is -2.25. The van der Waals surface area contributed by atoms with Crippen molar-refractivity contribution in [2.24, 2.45) is 5.92 Å². The molecule has 1 aromatic rings. The average Bonchev–Trinajstić information content (AvgIpc) is 3.07. The third kappa shape index (κ3) is 5.54. The molecule has 0 bridgehead atoms. The van der Waals surface area contributed by atoms with E-state index in [2.05, 4.69) is 0 Å². The maximum atomic E-state index is 13.4. The highest BCUT2D eigenvalue weighted by Crippen LogP contribution is 2.43. The van der Waals surface area contributed by atoms with Gasteiger partial charge in [0.05, 0.1) is 0 Å². The van der Waals surface area contributed by atoms with Crippen LogP contribution >= 0.6 is 11.6 Å². The van der Waals surface area contributed by atoms with Crippen LogP contribution in [0, 0.1) is 5.92 Å². The van der Waals surface area contributed by atoms with Gasteiger partial charge in [-0.05, 0) is 74.6 Å². The van der Waals surface area contributed by atoms with E-state index >= 15 is 0 Å². The molecule has 5 heteroatoms. The number of ether oxygens (including phenoxy) is 1. The zero-order valence-corrected chi connectivity index (χ0v) is 16.6. The highest BCUT2D eigenvalue weighted by atomic mass is 35.5. The first-order valence-corrected chi connectivity index (χ1v) is 10.2. The molecule has 2 nitrogen and oxygen atoms in total. The summed E-state index contributed by atoms with van der Waals surface area (Å²) < 4.78 is 32.8. The van der Waals surface area contributed by atoms with Gasteiger partial charge in [0.25, 0.3) is 0 Å². The topological polar surface area (TPSA) is 26.3 Å². The van der Waals surface area contributed by atoms with Gasteiger partial charge >= 0.3 is 0 Å². The quantitative estimate of drug-likeness (QED) is 0.488. The Morgan fingerprint density at radius 2 is 2.00 bits per heavy atom. The number of Topliss-reactive ketones (excluding diaryl/α,β-unsaturated/α-hetero) is 1. The summed E-state index contributed by atoms with van der Waals surface area (Å²) in [6.45, 7) is 2.08. The minimum atomic E-state index is -2.48. The molecule has 0 aromatic heterocycles. The molecule has 2 aliphatic rings. The van der Waals surface area contributed by atoms with Gasteiger partial charge in [0, 0.05) is 24.3 Å². The van der Waals surface area contributed by atoms with Crippen LogP contribution < -0.4 is 4.74 Å². The Bertz CT molecular complexity index is 717. The second-order valence-electron chi connectivity index (χ2n) is 7.86. The highest BCUT2D eigenvalue weighted by Gasteiger charge is 2.37. The number of hydrogen-bond donors (Lipinski definition) is 0. The van der Waals surface area contributed by atoms with Crippen molar-refractivity contribution in [1.29, 1.82) is 0 Å². The Morgan fingerprint density at radius 3 is 2.67 bits per heavy atom. The number of rotatable bonds is 7. The molecule has 0 heterocycles. The zero-order valence-electron chi connectivity index (χ0n) is 15.8. The first-order chi connectivity index (χ1) is 12.8. The van der Waals surface area contributed by atoms with Crippen LogP contribution in [0.25, 0.3) is 0 Å². The standard InChI is InChI=1S/C22H27ClF2O2/c1-15(26)5-6-17-7-8-19(13-21(17)23)27-14-18-3-2-4-20(18)16-9-11-22(24,25)12-10-16/h7-8,13,16H,2-6,9-12,14H2,1H3. The highest BCUT2D eigenvalue weighted by molar-refractivity contribution is 6.31. The summed E-state index contributed by atoms with van der Waals surface area (Å²) in [6.07, 6.45) is 5.40. The number of carbonyl (C=O) groups excluding carboxylic acids is 1. The predicted molar refractivity (Wildman–Crippen MR) is 104 cm³/mol. The molecule has 0 N–H and O–H groups in total. The van der Waals surface area contributed by atoms with E-state index in [-0.39, 0.29) is 18.6 Å². The Kier molecular flexibility index (Phi) is 6.56. The van der Waals surface area contributed by atoms with Crippen LogP contribution in [0.4, 0.5) is 8.78 Å². The largest absolute Gasteiger partial charge is 0.489 e. The number of hydrogen-bond acceptors (Lipinski definition) is 2. The van der Waals surface area contributed by atoms with Crippen molar-refractivity contribution in [3.05, 3.63) is 39.9 Å². The van der Waals surface area contributed by atoms with Crippen LogP contribution in [0.15, 0.2) is 29.3 Å². The van der Waals surface area contributed by atoms with Gasteiger partial charge < -0.3 is 9.53 Å². The van der Waals surface area contributed by atoms with E-state index < -0.39 is 5.92 Å². The molecule has 27 heavy (non-hydrogen) atoms. The zero-order chi connectivity index (χ0) is 19.4. The number of halogens is 3. The second-order valence-corrected chi connectivity index (χ2v) is 8.26. The average molecular weight is 397 g/mol. The maximum Gasteiger partial charge on any atom is 0.248 e. The summed E-state index contributed by atoms with van der Waals surface area (Å²) in [7, 11) is 0. The summed E-state index contributed by atoms with van der Waals surface area (Å²) in [4.78, 5) is 11.1. The van der Waals surface area contributed by atoms with Gasteiger partial charge in [-0.15, -0.1) is 0 Å². The third-order valence-electron chi connectivity index (χ3n) is 5.77. The number of ketones is 1. The van der Waals surface area contributed by atoms with Gasteiger partial charge in [0.15, 0.2) is 0 Å². The summed E-state index contributed by atoms with van der Waals surface area (Å²) in [5.41, 5.74) is 3.58. The minimum Gasteiger partial charge on any atom is -0.489 e. The van der Waals surface area contributed by atoms with E-state index in [9.17, 15) is 13.6 Å². The van der Waals surface area contributed by atoms with Crippen LogP contribution in [0.2, 0.25) is 5.02 Å². The first-order valence-electron chi connectivity index (χ1n) is 9.83. The van der Waals surface area contributed by atoms with E-state index in [4.69, 9.17) is 16.3 Å². The van der Waals surface area contributed by atoms with Gasteiger partial charge in [0.2, 0.25) is 5.92 Å².